The molecule has 1 saturated carbocycles. The fourth-order valence-corrected chi connectivity index (χ4v) is 2.83. The van der Waals surface area contributed by atoms with Gasteiger partial charge in [0.15, 0.2) is 0 Å². The highest BCUT2D eigenvalue weighted by Crippen LogP contribution is 2.23. The van der Waals surface area contributed by atoms with Crippen molar-refractivity contribution in [2.45, 2.75) is 38.6 Å². The highest BCUT2D eigenvalue weighted by molar-refractivity contribution is 5.93. The summed E-state index contributed by atoms with van der Waals surface area (Å²) in [4.78, 5) is 14.4. The number of hydrogen-bond donors (Lipinski definition) is 1. The first-order valence-corrected chi connectivity index (χ1v) is 7.27. The van der Waals surface area contributed by atoms with Gasteiger partial charge in [-0.2, -0.15) is 5.26 Å². The van der Waals surface area contributed by atoms with E-state index >= 15 is 0 Å². The number of nitrogens with one attached hydrogen (secondary N) is 1. The molecule has 1 N–H and O–H groups in total. The lowest BCUT2D eigenvalue weighted by atomic mass is 10.2. The number of anilines is 1. The number of hydrogen-bond acceptors (Lipinski definition) is 3. The third kappa shape index (κ3) is 3.58. The molecule has 0 spiro atoms. The predicted octanol–water partition coefficient (Wildman–Crippen LogP) is 2.76. The first kappa shape index (κ1) is 14.5. The van der Waals surface area contributed by atoms with Crippen molar-refractivity contribution in [1.82, 2.24) is 4.90 Å². The number of carbonyl (C=O) groups is 1. The van der Waals surface area contributed by atoms with E-state index in [0.29, 0.717) is 23.8 Å². The van der Waals surface area contributed by atoms with Crippen molar-refractivity contribution >= 4 is 11.6 Å². The largest absolute Gasteiger partial charge is 0.324 e. The molecule has 1 aliphatic carbocycles. The number of likely N-dealkylation sites (N-methyl/N-ethyl adjacent to an activating group) is 1. The molecule has 0 radical (unpaired) electrons. The molecule has 0 atom stereocenters. The monoisotopic (exact) mass is 271 g/mol. The van der Waals surface area contributed by atoms with Gasteiger partial charge in [0.1, 0.15) is 6.07 Å². The van der Waals surface area contributed by atoms with Gasteiger partial charge in [-0.15, -0.1) is 0 Å². The van der Waals surface area contributed by atoms with Crippen molar-refractivity contribution < 1.29 is 4.79 Å². The average molecular weight is 271 g/mol. The molecule has 4 nitrogen and oxygen atoms in total. The van der Waals surface area contributed by atoms with E-state index in [0.717, 1.165) is 6.54 Å². The minimum atomic E-state index is -0.0403. The van der Waals surface area contributed by atoms with Crippen LogP contribution in [0.4, 0.5) is 5.69 Å². The molecule has 1 aromatic rings. The van der Waals surface area contributed by atoms with Gasteiger partial charge in [-0.25, -0.2) is 0 Å². The molecule has 106 valence electrons. The van der Waals surface area contributed by atoms with E-state index in [4.69, 9.17) is 5.26 Å². The van der Waals surface area contributed by atoms with Crippen LogP contribution in [0.5, 0.6) is 0 Å². The lowest BCUT2D eigenvalue weighted by Crippen LogP contribution is -2.39. The zero-order valence-corrected chi connectivity index (χ0v) is 11.9. The Balaban J connectivity index is 1.96. The second-order valence-electron chi connectivity index (χ2n) is 5.21. The summed E-state index contributed by atoms with van der Waals surface area (Å²) >= 11 is 0. The van der Waals surface area contributed by atoms with Crippen molar-refractivity contribution in [2.24, 2.45) is 0 Å². The van der Waals surface area contributed by atoms with Crippen LogP contribution in [0.1, 0.15) is 38.2 Å². The number of carbonyl (C=O) groups excluding carboxylic acids is 1. The third-order valence-corrected chi connectivity index (χ3v) is 3.92. The lowest BCUT2D eigenvalue weighted by molar-refractivity contribution is -0.117. The third-order valence-electron chi connectivity index (χ3n) is 3.92. The number of nitrogens with zero attached hydrogens (tertiary/aromatic N) is 2. The van der Waals surface area contributed by atoms with Gasteiger partial charge in [-0.1, -0.05) is 31.9 Å². The van der Waals surface area contributed by atoms with E-state index in [1.54, 1.807) is 18.2 Å². The van der Waals surface area contributed by atoms with Gasteiger partial charge in [0.25, 0.3) is 0 Å². The van der Waals surface area contributed by atoms with E-state index < -0.39 is 0 Å². The van der Waals surface area contributed by atoms with Crippen molar-refractivity contribution in [3.05, 3.63) is 29.8 Å². The van der Waals surface area contributed by atoms with Crippen LogP contribution < -0.4 is 5.32 Å². The molecular weight excluding hydrogens is 250 g/mol. The molecule has 20 heavy (non-hydrogen) atoms. The zero-order valence-electron chi connectivity index (χ0n) is 11.9. The molecule has 0 saturated heterocycles. The van der Waals surface area contributed by atoms with E-state index in [9.17, 15) is 4.79 Å². The second kappa shape index (κ2) is 7.06. The van der Waals surface area contributed by atoms with Gasteiger partial charge in [-0.3, -0.25) is 9.69 Å². The Morgan fingerprint density at radius 1 is 1.40 bits per heavy atom. The average Bonchev–Trinajstić information content (AvgIpc) is 2.99. The van der Waals surface area contributed by atoms with Gasteiger partial charge in [0, 0.05) is 6.04 Å². The Hall–Kier alpha value is -1.86. The Kier molecular flexibility index (Phi) is 5.14. The normalized spacial score (nSPS) is 15.2. The van der Waals surface area contributed by atoms with E-state index in [2.05, 4.69) is 23.2 Å². The molecule has 2 rings (SSSR count). The minimum Gasteiger partial charge on any atom is -0.324 e. The van der Waals surface area contributed by atoms with Gasteiger partial charge >= 0.3 is 0 Å². The maximum absolute atomic E-state index is 12.1. The second-order valence-corrected chi connectivity index (χ2v) is 5.21. The standard InChI is InChI=1S/C16H21N3O/c1-2-19(14-8-4-5-9-14)12-16(20)18-15-10-6-3-7-13(15)11-17/h3,6-7,10,14H,2,4-5,8-9,12H2,1H3,(H,18,20). The Labute approximate surface area is 120 Å². The predicted molar refractivity (Wildman–Crippen MR) is 79.3 cm³/mol. The molecule has 0 unspecified atom stereocenters. The van der Waals surface area contributed by atoms with E-state index in [1.807, 2.05) is 6.07 Å². The SMILES string of the molecule is CCN(CC(=O)Nc1ccccc1C#N)C1CCCC1. The van der Waals surface area contributed by atoms with Gasteiger partial charge in [0.05, 0.1) is 17.8 Å². The molecule has 0 aliphatic heterocycles. The first-order chi connectivity index (χ1) is 9.74. The van der Waals surface area contributed by atoms with Crippen LogP contribution in [-0.4, -0.2) is 29.9 Å². The summed E-state index contributed by atoms with van der Waals surface area (Å²) in [6, 6.07) is 9.73. The zero-order chi connectivity index (χ0) is 14.4. The number of amides is 1. The molecule has 1 amide bonds. The Bertz CT molecular complexity index is 501. The molecule has 0 bridgehead atoms. The number of nitriles is 1. The topological polar surface area (TPSA) is 56.1 Å². The van der Waals surface area contributed by atoms with Crippen LogP contribution in [0, 0.1) is 11.3 Å². The maximum Gasteiger partial charge on any atom is 0.238 e. The summed E-state index contributed by atoms with van der Waals surface area (Å²) < 4.78 is 0. The van der Waals surface area contributed by atoms with Crippen LogP contribution in [0.25, 0.3) is 0 Å². The highest BCUT2D eigenvalue weighted by Gasteiger charge is 2.23. The van der Waals surface area contributed by atoms with Crippen LogP contribution in [0.15, 0.2) is 24.3 Å². The Morgan fingerprint density at radius 2 is 2.10 bits per heavy atom. The fourth-order valence-electron chi connectivity index (χ4n) is 2.83. The van der Waals surface area contributed by atoms with Gasteiger partial charge in [0.2, 0.25) is 5.91 Å². The highest BCUT2D eigenvalue weighted by atomic mass is 16.2. The summed E-state index contributed by atoms with van der Waals surface area (Å²) in [5.74, 6) is -0.0403. The van der Waals surface area contributed by atoms with Crippen LogP contribution in [-0.2, 0) is 4.79 Å². The summed E-state index contributed by atoms with van der Waals surface area (Å²) in [5, 5.41) is 11.9. The maximum atomic E-state index is 12.1. The quantitative estimate of drug-likeness (QED) is 0.896. The Morgan fingerprint density at radius 3 is 2.75 bits per heavy atom. The van der Waals surface area contributed by atoms with Gasteiger partial charge < -0.3 is 5.32 Å². The molecular formula is C16H21N3O. The molecule has 0 aromatic heterocycles. The lowest BCUT2D eigenvalue weighted by Gasteiger charge is -2.26. The van der Waals surface area contributed by atoms with Crippen LogP contribution >= 0.6 is 0 Å². The van der Waals surface area contributed by atoms with Crippen LogP contribution in [0.2, 0.25) is 0 Å². The molecule has 4 heteroatoms. The number of rotatable bonds is 5. The van der Waals surface area contributed by atoms with Crippen molar-refractivity contribution in [3.8, 4) is 6.07 Å². The number of benzene rings is 1. The van der Waals surface area contributed by atoms with E-state index in [1.165, 1.54) is 25.7 Å². The first-order valence-electron chi connectivity index (χ1n) is 7.27. The summed E-state index contributed by atoms with van der Waals surface area (Å²) in [6.07, 6.45) is 4.91. The minimum absolute atomic E-state index is 0.0403. The summed E-state index contributed by atoms with van der Waals surface area (Å²) in [6.45, 7) is 3.38. The molecule has 1 fully saturated rings. The van der Waals surface area contributed by atoms with Crippen molar-refractivity contribution in [1.29, 1.82) is 5.26 Å². The molecule has 1 aromatic carbocycles. The molecule has 1 aliphatic rings. The summed E-state index contributed by atoms with van der Waals surface area (Å²) in [7, 11) is 0. The molecule has 0 heterocycles. The number of para-hydroxylation sites is 1. The van der Waals surface area contributed by atoms with Gasteiger partial charge in [-0.05, 0) is 31.5 Å². The smallest absolute Gasteiger partial charge is 0.238 e. The van der Waals surface area contributed by atoms with Crippen LogP contribution in [0.3, 0.4) is 0 Å². The fraction of sp³-hybridized carbons (Fsp3) is 0.500. The summed E-state index contributed by atoms with van der Waals surface area (Å²) in [5.41, 5.74) is 1.10. The van der Waals surface area contributed by atoms with Crippen molar-refractivity contribution in [2.75, 3.05) is 18.4 Å². The van der Waals surface area contributed by atoms with Crippen molar-refractivity contribution in [3.63, 3.8) is 0 Å². The van der Waals surface area contributed by atoms with E-state index in [-0.39, 0.29) is 5.91 Å².